The second-order valence-electron chi connectivity index (χ2n) is 5.77. The molecule has 122 valence electrons. The molecular weight excluding hydrogens is 334 g/mol. The summed E-state index contributed by atoms with van der Waals surface area (Å²) in [6.45, 7) is 2.07. The van der Waals surface area contributed by atoms with E-state index in [9.17, 15) is 9.90 Å². The van der Waals surface area contributed by atoms with Gasteiger partial charge < -0.3 is 14.7 Å². The van der Waals surface area contributed by atoms with Crippen molar-refractivity contribution in [3.8, 4) is 27.9 Å². The van der Waals surface area contributed by atoms with E-state index in [4.69, 9.17) is 5.26 Å². The molecule has 0 aliphatic carbocycles. The van der Waals surface area contributed by atoms with Gasteiger partial charge in [0, 0.05) is 16.8 Å². The minimum absolute atomic E-state index is 0.280. The number of hydrogen-bond donors (Lipinski definition) is 2. The molecule has 0 saturated heterocycles. The standard InChI is InChI=1S/C19H13N3O2S/c1-11-8-16(25-10-11)12-2-4-13(5-3-12)22-7-6-15-17(22)18(23)14(9-20)19(24)21-15/h2-8,10H,1H3,(H2,21,23,24). The number of hydrogen-bond acceptors (Lipinski definition) is 4. The second-order valence-corrected chi connectivity index (χ2v) is 6.68. The number of nitrogens with one attached hydrogen (secondary N) is 1. The first kappa shape index (κ1) is 15.2. The van der Waals surface area contributed by atoms with Crippen LogP contribution in [0.4, 0.5) is 0 Å². The van der Waals surface area contributed by atoms with Gasteiger partial charge in [0.2, 0.25) is 0 Å². The molecule has 1 aromatic carbocycles. The molecule has 0 saturated carbocycles. The van der Waals surface area contributed by atoms with Gasteiger partial charge in [0.15, 0.2) is 11.3 Å². The minimum atomic E-state index is -0.589. The van der Waals surface area contributed by atoms with Crippen LogP contribution in [0.2, 0.25) is 0 Å². The summed E-state index contributed by atoms with van der Waals surface area (Å²) in [7, 11) is 0. The Kier molecular flexibility index (Phi) is 3.45. The highest BCUT2D eigenvalue weighted by atomic mass is 32.1. The zero-order chi connectivity index (χ0) is 17.6. The zero-order valence-corrected chi connectivity index (χ0v) is 14.1. The molecular formula is C19H13N3O2S. The molecule has 0 unspecified atom stereocenters. The van der Waals surface area contributed by atoms with Crippen molar-refractivity contribution in [1.82, 2.24) is 9.55 Å². The van der Waals surface area contributed by atoms with E-state index in [-0.39, 0.29) is 11.3 Å². The molecule has 0 fully saturated rings. The molecule has 25 heavy (non-hydrogen) atoms. The van der Waals surface area contributed by atoms with E-state index in [2.05, 4.69) is 23.4 Å². The SMILES string of the molecule is Cc1csc(-c2ccc(-n3ccc4[nH]c(=O)c(C#N)c(O)c43)cc2)c1. The highest BCUT2D eigenvalue weighted by molar-refractivity contribution is 7.13. The topological polar surface area (TPSA) is 81.8 Å². The largest absolute Gasteiger partial charge is 0.504 e. The number of benzene rings is 1. The van der Waals surface area contributed by atoms with Crippen LogP contribution >= 0.6 is 11.3 Å². The lowest BCUT2D eigenvalue weighted by molar-refractivity contribution is 0.476. The fraction of sp³-hybridized carbons (Fsp3) is 0.0526. The van der Waals surface area contributed by atoms with Gasteiger partial charge in [-0.05, 0) is 47.7 Å². The number of aromatic hydroxyl groups is 1. The lowest BCUT2D eigenvalue weighted by Gasteiger charge is -2.08. The summed E-state index contributed by atoms with van der Waals surface area (Å²) in [5.74, 6) is -0.302. The first-order valence-electron chi connectivity index (χ1n) is 7.61. The number of rotatable bonds is 2. The van der Waals surface area contributed by atoms with Crippen LogP contribution < -0.4 is 5.56 Å². The van der Waals surface area contributed by atoms with E-state index in [1.165, 1.54) is 10.4 Å². The summed E-state index contributed by atoms with van der Waals surface area (Å²) in [5, 5.41) is 21.5. The fourth-order valence-corrected chi connectivity index (χ4v) is 3.78. The third kappa shape index (κ3) is 2.42. The summed E-state index contributed by atoms with van der Waals surface area (Å²) < 4.78 is 1.75. The highest BCUT2D eigenvalue weighted by Crippen LogP contribution is 2.31. The van der Waals surface area contributed by atoms with Crippen LogP contribution in [0.15, 0.2) is 52.8 Å². The number of pyridine rings is 1. The van der Waals surface area contributed by atoms with E-state index in [0.29, 0.717) is 11.0 Å². The molecule has 5 nitrogen and oxygen atoms in total. The molecule has 0 aliphatic heterocycles. The van der Waals surface area contributed by atoms with Crippen LogP contribution in [-0.2, 0) is 0 Å². The van der Waals surface area contributed by atoms with Crippen molar-refractivity contribution < 1.29 is 5.11 Å². The average Bonchev–Trinajstić information content (AvgIpc) is 3.22. The van der Waals surface area contributed by atoms with Crippen molar-refractivity contribution >= 4 is 22.4 Å². The number of H-pyrrole nitrogens is 1. The maximum Gasteiger partial charge on any atom is 0.270 e. The average molecular weight is 347 g/mol. The van der Waals surface area contributed by atoms with Gasteiger partial charge in [-0.25, -0.2) is 0 Å². The Hall–Kier alpha value is -3.30. The fourth-order valence-electron chi connectivity index (χ4n) is 2.87. The van der Waals surface area contributed by atoms with Gasteiger partial charge in [0.05, 0.1) is 5.52 Å². The number of nitrogens with zero attached hydrogens (tertiary/aromatic N) is 2. The summed E-state index contributed by atoms with van der Waals surface area (Å²) in [4.78, 5) is 15.6. The number of aromatic amines is 1. The quantitative estimate of drug-likeness (QED) is 0.576. The van der Waals surface area contributed by atoms with Gasteiger partial charge >= 0.3 is 0 Å². The lowest BCUT2D eigenvalue weighted by Crippen LogP contribution is -2.10. The van der Waals surface area contributed by atoms with Crippen LogP contribution in [-0.4, -0.2) is 14.7 Å². The monoisotopic (exact) mass is 347 g/mol. The smallest absolute Gasteiger partial charge is 0.270 e. The van der Waals surface area contributed by atoms with Crippen LogP contribution in [0, 0.1) is 18.3 Å². The molecule has 0 bridgehead atoms. The van der Waals surface area contributed by atoms with Crippen LogP contribution in [0.5, 0.6) is 5.75 Å². The molecule has 0 radical (unpaired) electrons. The normalized spacial score (nSPS) is 10.9. The van der Waals surface area contributed by atoms with Crippen molar-refractivity contribution in [3.63, 3.8) is 0 Å². The van der Waals surface area contributed by atoms with Gasteiger partial charge in [-0.3, -0.25) is 4.79 Å². The van der Waals surface area contributed by atoms with Crippen LogP contribution in [0.3, 0.4) is 0 Å². The van der Waals surface area contributed by atoms with Gasteiger partial charge in [0.25, 0.3) is 5.56 Å². The van der Waals surface area contributed by atoms with Crippen LogP contribution in [0.1, 0.15) is 11.1 Å². The number of aryl methyl sites for hydroxylation is 1. The Morgan fingerprint density at radius 1 is 1.24 bits per heavy atom. The molecule has 3 aromatic heterocycles. The number of nitriles is 1. The van der Waals surface area contributed by atoms with Crippen LogP contribution in [0.25, 0.3) is 27.2 Å². The summed E-state index contributed by atoms with van der Waals surface area (Å²) in [6.07, 6.45) is 1.76. The van der Waals surface area contributed by atoms with Crippen molar-refractivity contribution in [2.24, 2.45) is 0 Å². The first-order chi connectivity index (χ1) is 12.1. The van der Waals surface area contributed by atoms with E-state index >= 15 is 0 Å². The number of thiophene rings is 1. The van der Waals surface area contributed by atoms with E-state index in [0.717, 1.165) is 11.3 Å². The van der Waals surface area contributed by atoms with E-state index in [1.54, 1.807) is 34.2 Å². The number of aromatic nitrogens is 2. The zero-order valence-electron chi connectivity index (χ0n) is 13.3. The van der Waals surface area contributed by atoms with E-state index < -0.39 is 5.56 Å². The Labute approximate surface area is 147 Å². The maximum absolute atomic E-state index is 11.8. The summed E-state index contributed by atoms with van der Waals surface area (Å²) >= 11 is 1.69. The van der Waals surface area contributed by atoms with Crippen molar-refractivity contribution in [2.45, 2.75) is 6.92 Å². The van der Waals surface area contributed by atoms with Crippen molar-refractivity contribution in [3.05, 3.63) is 69.5 Å². The predicted molar refractivity (Wildman–Crippen MR) is 98.3 cm³/mol. The van der Waals surface area contributed by atoms with Gasteiger partial charge in [-0.2, -0.15) is 5.26 Å². The van der Waals surface area contributed by atoms with Crippen molar-refractivity contribution in [1.29, 1.82) is 5.26 Å². The minimum Gasteiger partial charge on any atom is -0.504 e. The molecule has 6 heteroatoms. The Morgan fingerprint density at radius 3 is 2.64 bits per heavy atom. The van der Waals surface area contributed by atoms with Gasteiger partial charge in [0.1, 0.15) is 11.6 Å². The lowest BCUT2D eigenvalue weighted by atomic mass is 10.1. The molecule has 3 heterocycles. The summed E-state index contributed by atoms with van der Waals surface area (Å²) in [6, 6.07) is 13.5. The molecule has 0 spiro atoms. The Bertz CT molecular complexity index is 1190. The van der Waals surface area contributed by atoms with Crippen molar-refractivity contribution in [2.75, 3.05) is 0 Å². The number of fused-ring (bicyclic) bond motifs is 1. The molecule has 0 atom stereocenters. The molecule has 0 amide bonds. The highest BCUT2D eigenvalue weighted by Gasteiger charge is 2.15. The predicted octanol–water partition coefficient (Wildman–Crippen LogP) is 3.93. The molecule has 0 aliphatic rings. The summed E-state index contributed by atoms with van der Waals surface area (Å²) in [5.41, 5.74) is 3.22. The first-order valence-corrected chi connectivity index (χ1v) is 8.49. The van der Waals surface area contributed by atoms with Gasteiger partial charge in [-0.15, -0.1) is 11.3 Å². The molecule has 4 rings (SSSR count). The second kappa shape index (κ2) is 5.65. The third-order valence-electron chi connectivity index (χ3n) is 4.10. The molecule has 2 N–H and O–H groups in total. The molecule has 4 aromatic rings. The Morgan fingerprint density at radius 2 is 2.00 bits per heavy atom. The van der Waals surface area contributed by atoms with E-state index in [1.807, 2.05) is 24.3 Å². The Balaban J connectivity index is 1.85. The third-order valence-corrected chi connectivity index (χ3v) is 5.19. The maximum atomic E-state index is 11.8. The van der Waals surface area contributed by atoms with Gasteiger partial charge in [-0.1, -0.05) is 12.1 Å².